The molecule has 1 aliphatic heterocycles. The Morgan fingerprint density at radius 3 is 2.66 bits per heavy atom. The summed E-state index contributed by atoms with van der Waals surface area (Å²) in [6, 6.07) is 21.8. The van der Waals surface area contributed by atoms with E-state index in [2.05, 4.69) is 12.1 Å². The maximum atomic E-state index is 14.1. The molecule has 1 unspecified atom stereocenters. The smallest absolute Gasteiger partial charge is 0.337 e. The highest BCUT2D eigenvalue weighted by atomic mass is 35.5. The first-order chi connectivity index (χ1) is 21.4. The number of rotatable bonds is 6. The molecule has 1 atom stereocenters. The summed E-state index contributed by atoms with van der Waals surface area (Å²) in [6.07, 6.45) is 3.31. The Morgan fingerprint density at radius 1 is 1.05 bits per heavy atom. The van der Waals surface area contributed by atoms with Gasteiger partial charge in [0.05, 0.1) is 41.1 Å². The molecule has 2 aromatic heterocycles. The van der Waals surface area contributed by atoms with E-state index in [1.165, 1.54) is 29.0 Å². The van der Waals surface area contributed by atoms with E-state index >= 15 is 0 Å². The van der Waals surface area contributed by atoms with Crippen molar-refractivity contribution in [2.24, 2.45) is 4.99 Å². The Kier molecular flexibility index (Phi) is 6.99. The summed E-state index contributed by atoms with van der Waals surface area (Å²) in [5.74, 6) is 0.974. The van der Waals surface area contributed by atoms with Crippen molar-refractivity contribution in [3.63, 3.8) is 0 Å². The number of furan rings is 1. The van der Waals surface area contributed by atoms with Gasteiger partial charge in [-0.15, -0.1) is 0 Å². The third-order valence-corrected chi connectivity index (χ3v) is 9.29. The molecule has 1 N–H and O–H groups in total. The first-order valence-electron chi connectivity index (χ1n) is 13.8. The maximum absolute atomic E-state index is 14.1. The van der Waals surface area contributed by atoms with E-state index in [4.69, 9.17) is 30.5 Å². The topological polar surface area (TPSA) is 103 Å². The minimum atomic E-state index is -1.13. The van der Waals surface area contributed by atoms with Gasteiger partial charge < -0.3 is 19.0 Å². The molecule has 0 amide bonds. The lowest BCUT2D eigenvalue weighted by Crippen LogP contribution is -2.38. The standard InChI is InChI=1S/C34H25ClN2O6S/c1-41-27-13-9-20(16-28(27)42-2)31-23-11-7-18-5-3-4-6-22(18)30(23)36-34-37(31)32(38)29(44-34)17-21-10-14-26(43-21)19-8-12-25(35)24(15-19)33(39)40/h3-6,8-10,12-17,31H,7,11H2,1-2H3,(H,39,40)/b29-17+. The third-order valence-electron chi connectivity index (χ3n) is 7.98. The van der Waals surface area contributed by atoms with Crippen LogP contribution in [-0.2, 0) is 6.42 Å². The summed E-state index contributed by atoms with van der Waals surface area (Å²) in [7, 11) is 3.19. The molecule has 3 aromatic carbocycles. The third kappa shape index (κ3) is 4.65. The zero-order valence-electron chi connectivity index (χ0n) is 23.7. The summed E-state index contributed by atoms with van der Waals surface area (Å²) in [4.78, 5) is 31.3. The number of hydrogen-bond donors (Lipinski definition) is 1. The van der Waals surface area contributed by atoms with Gasteiger partial charge in [-0.2, -0.15) is 0 Å². The molecular formula is C34H25ClN2O6S. The van der Waals surface area contributed by atoms with Crippen LogP contribution in [0.2, 0.25) is 5.02 Å². The van der Waals surface area contributed by atoms with Crippen LogP contribution in [0.25, 0.3) is 23.1 Å². The van der Waals surface area contributed by atoms with Crippen molar-refractivity contribution in [3.8, 4) is 22.8 Å². The summed E-state index contributed by atoms with van der Waals surface area (Å²) >= 11 is 7.34. The lowest BCUT2D eigenvalue weighted by molar-refractivity contribution is 0.0697. The number of nitrogens with zero attached hydrogens (tertiary/aromatic N) is 2. The number of methoxy groups -OCH3 is 2. The van der Waals surface area contributed by atoms with Crippen LogP contribution >= 0.6 is 22.9 Å². The van der Waals surface area contributed by atoms with Crippen LogP contribution in [0.15, 0.2) is 92.6 Å². The van der Waals surface area contributed by atoms with Gasteiger partial charge >= 0.3 is 5.97 Å². The average molecular weight is 625 g/mol. The van der Waals surface area contributed by atoms with E-state index in [0.29, 0.717) is 37.9 Å². The van der Waals surface area contributed by atoms with Crippen molar-refractivity contribution in [2.45, 2.75) is 18.9 Å². The zero-order valence-corrected chi connectivity index (χ0v) is 25.2. The molecular weight excluding hydrogens is 600 g/mol. The number of carboxylic acids is 1. The molecule has 0 radical (unpaired) electrons. The maximum Gasteiger partial charge on any atom is 0.337 e. The summed E-state index contributed by atoms with van der Waals surface area (Å²) in [5, 5.41) is 9.60. The fraction of sp³-hybridized carbons (Fsp3) is 0.147. The molecule has 0 spiro atoms. The Bertz CT molecular complexity index is 2190. The number of allylic oxidation sites excluding steroid dienone is 1. The lowest BCUT2D eigenvalue weighted by atomic mass is 9.83. The quantitative estimate of drug-likeness (QED) is 0.251. The van der Waals surface area contributed by atoms with Crippen molar-refractivity contribution in [1.29, 1.82) is 0 Å². The van der Waals surface area contributed by atoms with Crippen LogP contribution in [0, 0.1) is 0 Å². The molecule has 5 aromatic rings. The van der Waals surface area contributed by atoms with Gasteiger partial charge in [0.25, 0.3) is 5.56 Å². The van der Waals surface area contributed by atoms with Crippen molar-refractivity contribution >= 4 is 40.7 Å². The Balaban J connectivity index is 1.38. The number of ether oxygens (including phenoxy) is 2. The fourth-order valence-electron chi connectivity index (χ4n) is 5.90. The molecule has 7 rings (SSSR count). The van der Waals surface area contributed by atoms with Crippen molar-refractivity contribution in [3.05, 3.63) is 131 Å². The largest absolute Gasteiger partial charge is 0.493 e. The number of thiazole rings is 1. The Morgan fingerprint density at radius 2 is 1.86 bits per heavy atom. The summed E-state index contributed by atoms with van der Waals surface area (Å²) in [6.45, 7) is 0. The lowest BCUT2D eigenvalue weighted by Gasteiger charge is -2.31. The van der Waals surface area contributed by atoms with Gasteiger partial charge in [0, 0.05) is 17.2 Å². The first-order valence-corrected chi connectivity index (χ1v) is 15.0. The van der Waals surface area contributed by atoms with Gasteiger partial charge in [0.15, 0.2) is 16.3 Å². The van der Waals surface area contributed by atoms with E-state index in [-0.39, 0.29) is 22.2 Å². The molecule has 44 heavy (non-hydrogen) atoms. The molecule has 1 aliphatic carbocycles. The average Bonchev–Trinajstić information content (AvgIpc) is 3.63. The van der Waals surface area contributed by atoms with E-state index < -0.39 is 5.97 Å². The summed E-state index contributed by atoms with van der Waals surface area (Å²) < 4.78 is 19.4. The highest BCUT2D eigenvalue weighted by molar-refractivity contribution is 7.07. The van der Waals surface area contributed by atoms with Crippen molar-refractivity contribution < 1.29 is 23.8 Å². The molecule has 8 nitrogen and oxygen atoms in total. The second-order valence-corrected chi connectivity index (χ2v) is 11.8. The Hall–Kier alpha value is -4.86. The predicted molar refractivity (Wildman–Crippen MR) is 168 cm³/mol. The van der Waals surface area contributed by atoms with Gasteiger partial charge in [0.1, 0.15) is 11.5 Å². The van der Waals surface area contributed by atoms with Gasteiger partial charge in [-0.3, -0.25) is 9.36 Å². The number of halogens is 1. The molecule has 0 saturated heterocycles. The Labute approximate surface area is 260 Å². The van der Waals surface area contributed by atoms with Crippen molar-refractivity contribution in [2.75, 3.05) is 14.2 Å². The molecule has 220 valence electrons. The molecule has 3 heterocycles. The van der Waals surface area contributed by atoms with Crippen LogP contribution in [0.4, 0.5) is 0 Å². The number of hydrogen-bond acceptors (Lipinski definition) is 7. The van der Waals surface area contributed by atoms with Gasteiger partial charge in [-0.05, 0) is 72.0 Å². The van der Waals surface area contributed by atoms with Crippen LogP contribution < -0.4 is 24.4 Å². The fourth-order valence-corrected chi connectivity index (χ4v) is 7.08. The molecule has 10 heteroatoms. The minimum Gasteiger partial charge on any atom is -0.493 e. The number of fused-ring (bicyclic) bond motifs is 3. The van der Waals surface area contributed by atoms with Crippen LogP contribution in [-0.4, -0.2) is 29.9 Å². The summed E-state index contributed by atoms with van der Waals surface area (Å²) in [5.41, 5.74) is 5.55. The number of benzene rings is 3. The molecule has 0 bridgehead atoms. The first kappa shape index (κ1) is 27.9. The highest BCUT2D eigenvalue weighted by Crippen LogP contribution is 2.42. The van der Waals surface area contributed by atoms with Gasteiger partial charge in [-0.1, -0.05) is 53.3 Å². The highest BCUT2D eigenvalue weighted by Gasteiger charge is 2.33. The monoisotopic (exact) mass is 624 g/mol. The molecule has 0 fully saturated rings. The zero-order chi connectivity index (χ0) is 30.5. The van der Waals surface area contributed by atoms with Crippen LogP contribution in [0.3, 0.4) is 0 Å². The second-order valence-electron chi connectivity index (χ2n) is 10.4. The number of carbonyl (C=O) groups is 1. The predicted octanol–water partition coefficient (Wildman–Crippen LogP) is 5.95. The van der Waals surface area contributed by atoms with Crippen LogP contribution in [0.5, 0.6) is 11.5 Å². The van der Waals surface area contributed by atoms with E-state index in [1.807, 2.05) is 30.3 Å². The minimum absolute atomic E-state index is 0.0175. The van der Waals surface area contributed by atoms with E-state index in [1.54, 1.807) is 43.1 Å². The van der Waals surface area contributed by atoms with Gasteiger partial charge in [-0.25, -0.2) is 9.79 Å². The van der Waals surface area contributed by atoms with Crippen LogP contribution in [0.1, 0.15) is 45.3 Å². The van der Waals surface area contributed by atoms with E-state index in [0.717, 1.165) is 35.2 Å². The van der Waals surface area contributed by atoms with Crippen molar-refractivity contribution in [1.82, 2.24) is 4.57 Å². The molecule has 0 saturated carbocycles. The van der Waals surface area contributed by atoms with Gasteiger partial charge in [0.2, 0.25) is 0 Å². The SMILES string of the molecule is COc1ccc(C2C3=C(N=c4s/c(=C/c5ccc(-c6ccc(Cl)c(C(=O)O)c6)o5)c(=O)n42)c2ccccc2CC3)cc1OC. The molecule has 2 aliphatic rings. The number of aromatic carboxylic acids is 1. The normalized spacial score (nSPS) is 15.7. The van der Waals surface area contributed by atoms with E-state index in [9.17, 15) is 14.7 Å². The number of carboxylic acid groups (broad SMARTS) is 1. The number of aromatic nitrogens is 1. The number of aryl methyl sites for hydroxylation is 1. The second kappa shape index (κ2) is 11.0.